The van der Waals surface area contributed by atoms with Crippen molar-refractivity contribution in [3.05, 3.63) is 48.5 Å². The summed E-state index contributed by atoms with van der Waals surface area (Å²) in [7, 11) is 1.64. The van der Waals surface area contributed by atoms with E-state index < -0.39 is 0 Å². The fraction of sp³-hybridized carbons (Fsp3) is 0.273. The first-order valence-electron chi connectivity index (χ1n) is 9.81. The summed E-state index contributed by atoms with van der Waals surface area (Å²) < 4.78 is 7.20. The number of nitrogens with one attached hydrogen (secondary N) is 1. The molecule has 0 unspecified atom stereocenters. The third-order valence-electron chi connectivity index (χ3n) is 4.92. The lowest BCUT2D eigenvalue weighted by Gasteiger charge is -2.12. The molecule has 0 bridgehead atoms. The molecule has 0 saturated heterocycles. The lowest BCUT2D eigenvalue weighted by atomic mass is 10.1. The van der Waals surface area contributed by atoms with Gasteiger partial charge in [0, 0.05) is 17.0 Å². The molecule has 0 fully saturated rings. The molecule has 154 valence electrons. The Morgan fingerprint density at radius 1 is 1.17 bits per heavy atom. The number of carbonyl (C=O) groups is 1. The van der Waals surface area contributed by atoms with Crippen LogP contribution in [-0.4, -0.2) is 44.4 Å². The molecule has 4 rings (SSSR count). The Kier molecular flexibility index (Phi) is 5.85. The predicted octanol–water partition coefficient (Wildman–Crippen LogP) is 3.96. The van der Waals surface area contributed by atoms with Crippen molar-refractivity contribution in [3.63, 3.8) is 0 Å². The number of nitrogens with zero attached hydrogens (tertiary/aromatic N) is 4. The number of amides is 1. The molecule has 0 radical (unpaired) electrons. The number of ether oxygens (including phenoxy) is 1. The van der Waals surface area contributed by atoms with E-state index in [9.17, 15) is 4.79 Å². The Balaban J connectivity index is 1.78. The van der Waals surface area contributed by atoms with Crippen LogP contribution in [0.1, 0.15) is 20.3 Å². The predicted molar refractivity (Wildman–Crippen MR) is 119 cm³/mol. The molecule has 1 N–H and O–H groups in total. The van der Waals surface area contributed by atoms with Gasteiger partial charge in [0.1, 0.15) is 11.6 Å². The van der Waals surface area contributed by atoms with Gasteiger partial charge in [-0.05, 0) is 49.7 Å². The molecule has 0 spiro atoms. The zero-order valence-electron chi connectivity index (χ0n) is 17.1. The number of hydrogen-bond acceptors (Lipinski definition) is 6. The second-order valence-corrected chi connectivity index (χ2v) is 7.93. The van der Waals surface area contributed by atoms with Gasteiger partial charge in [0.05, 0.1) is 18.4 Å². The highest BCUT2D eigenvalue weighted by atomic mass is 32.2. The summed E-state index contributed by atoms with van der Waals surface area (Å²) in [6, 6.07) is 15.7. The lowest BCUT2D eigenvalue weighted by Crippen LogP contribution is -2.33. The Morgan fingerprint density at radius 2 is 1.93 bits per heavy atom. The quantitative estimate of drug-likeness (QED) is 0.455. The molecule has 0 aliphatic heterocycles. The number of rotatable bonds is 7. The molecule has 2 heterocycles. The molecule has 4 aromatic rings. The number of carbonyl (C=O) groups excluding carboxylic acids is 1. The van der Waals surface area contributed by atoms with Crippen molar-refractivity contribution in [2.75, 3.05) is 12.9 Å². The van der Waals surface area contributed by atoms with Crippen molar-refractivity contribution in [2.24, 2.45) is 0 Å². The van der Waals surface area contributed by atoms with Crippen molar-refractivity contribution in [1.82, 2.24) is 24.9 Å². The molecule has 8 heteroatoms. The molecule has 30 heavy (non-hydrogen) atoms. The van der Waals surface area contributed by atoms with Gasteiger partial charge >= 0.3 is 0 Å². The van der Waals surface area contributed by atoms with E-state index in [1.807, 2.05) is 66.8 Å². The minimum Gasteiger partial charge on any atom is -0.497 e. The van der Waals surface area contributed by atoms with Gasteiger partial charge in [-0.3, -0.25) is 9.20 Å². The molecule has 1 amide bonds. The van der Waals surface area contributed by atoms with Gasteiger partial charge in [-0.1, -0.05) is 30.8 Å². The maximum atomic E-state index is 12.3. The SMILES string of the molecule is CC[C@H](C)NC(=O)CSc1nnc2c3ccccc3nc(-c3ccc(OC)cc3)n12. The second-order valence-electron chi connectivity index (χ2n) is 6.99. The summed E-state index contributed by atoms with van der Waals surface area (Å²) in [5.41, 5.74) is 2.47. The van der Waals surface area contributed by atoms with Crippen LogP contribution in [0.5, 0.6) is 5.75 Å². The highest BCUT2D eigenvalue weighted by Gasteiger charge is 2.18. The van der Waals surface area contributed by atoms with Crippen LogP contribution >= 0.6 is 11.8 Å². The maximum Gasteiger partial charge on any atom is 0.230 e. The summed E-state index contributed by atoms with van der Waals surface area (Å²) in [4.78, 5) is 17.1. The topological polar surface area (TPSA) is 81.4 Å². The van der Waals surface area contributed by atoms with Crippen LogP contribution in [0, 0.1) is 0 Å². The van der Waals surface area contributed by atoms with E-state index in [2.05, 4.69) is 15.5 Å². The molecule has 0 aliphatic carbocycles. The van der Waals surface area contributed by atoms with Crippen LogP contribution < -0.4 is 10.1 Å². The first-order valence-corrected chi connectivity index (χ1v) is 10.8. The number of methoxy groups -OCH3 is 1. The first-order chi connectivity index (χ1) is 14.6. The van der Waals surface area contributed by atoms with Crippen LogP contribution in [0.25, 0.3) is 27.9 Å². The van der Waals surface area contributed by atoms with Crippen molar-refractivity contribution in [3.8, 4) is 17.1 Å². The fourth-order valence-electron chi connectivity index (χ4n) is 3.14. The highest BCUT2D eigenvalue weighted by molar-refractivity contribution is 7.99. The third kappa shape index (κ3) is 3.95. The fourth-order valence-corrected chi connectivity index (χ4v) is 3.88. The average Bonchev–Trinajstić information content (AvgIpc) is 3.21. The molecule has 2 aromatic carbocycles. The van der Waals surface area contributed by atoms with Gasteiger partial charge in [-0.15, -0.1) is 10.2 Å². The summed E-state index contributed by atoms with van der Waals surface area (Å²) in [5, 5.41) is 13.3. The zero-order valence-corrected chi connectivity index (χ0v) is 17.9. The van der Waals surface area contributed by atoms with Gasteiger partial charge in [-0.2, -0.15) is 0 Å². The van der Waals surface area contributed by atoms with Gasteiger partial charge in [0.2, 0.25) is 5.91 Å². The largest absolute Gasteiger partial charge is 0.497 e. The molecular weight excluding hydrogens is 398 g/mol. The van der Waals surface area contributed by atoms with E-state index in [-0.39, 0.29) is 17.7 Å². The van der Waals surface area contributed by atoms with Gasteiger partial charge in [0.15, 0.2) is 10.8 Å². The molecular formula is C22H23N5O2S. The second kappa shape index (κ2) is 8.71. The Morgan fingerprint density at radius 3 is 2.67 bits per heavy atom. The van der Waals surface area contributed by atoms with E-state index in [1.165, 1.54) is 11.8 Å². The van der Waals surface area contributed by atoms with Crippen molar-refractivity contribution in [1.29, 1.82) is 0 Å². The molecule has 1 atom stereocenters. The lowest BCUT2D eigenvalue weighted by molar-refractivity contribution is -0.119. The van der Waals surface area contributed by atoms with Gasteiger partial charge < -0.3 is 10.1 Å². The summed E-state index contributed by atoms with van der Waals surface area (Å²) in [5.74, 6) is 1.74. The average molecular weight is 422 g/mol. The third-order valence-corrected chi connectivity index (χ3v) is 5.85. The summed E-state index contributed by atoms with van der Waals surface area (Å²) >= 11 is 1.35. The van der Waals surface area contributed by atoms with Gasteiger partial charge in [0.25, 0.3) is 0 Å². The zero-order chi connectivity index (χ0) is 21.1. The van der Waals surface area contributed by atoms with Crippen molar-refractivity contribution in [2.45, 2.75) is 31.5 Å². The Bertz CT molecular complexity index is 1190. The Hall–Kier alpha value is -3.13. The minimum atomic E-state index is -0.0224. The number of para-hydroxylation sites is 1. The van der Waals surface area contributed by atoms with Crippen LogP contribution in [-0.2, 0) is 4.79 Å². The molecule has 2 aromatic heterocycles. The molecule has 7 nitrogen and oxygen atoms in total. The van der Waals surface area contributed by atoms with Crippen LogP contribution in [0.4, 0.5) is 0 Å². The number of hydrogen-bond donors (Lipinski definition) is 1. The molecule has 0 saturated carbocycles. The van der Waals surface area contributed by atoms with E-state index in [0.29, 0.717) is 5.16 Å². The number of benzene rings is 2. The highest BCUT2D eigenvalue weighted by Crippen LogP contribution is 2.29. The summed E-state index contributed by atoms with van der Waals surface area (Å²) in [6.07, 6.45) is 0.891. The van der Waals surface area contributed by atoms with Crippen molar-refractivity contribution < 1.29 is 9.53 Å². The van der Waals surface area contributed by atoms with Crippen LogP contribution in [0.3, 0.4) is 0 Å². The molecule has 0 aliphatic rings. The van der Waals surface area contributed by atoms with E-state index in [4.69, 9.17) is 9.72 Å². The first kappa shape index (κ1) is 20.2. The van der Waals surface area contributed by atoms with E-state index in [0.717, 1.165) is 40.1 Å². The van der Waals surface area contributed by atoms with E-state index >= 15 is 0 Å². The summed E-state index contributed by atoms with van der Waals surface area (Å²) in [6.45, 7) is 4.04. The number of aromatic nitrogens is 4. The number of fused-ring (bicyclic) bond motifs is 3. The Labute approximate surface area is 178 Å². The van der Waals surface area contributed by atoms with Gasteiger partial charge in [-0.25, -0.2) is 4.98 Å². The minimum absolute atomic E-state index is 0.0224. The van der Waals surface area contributed by atoms with E-state index in [1.54, 1.807) is 7.11 Å². The normalized spacial score (nSPS) is 12.2. The maximum absolute atomic E-state index is 12.3. The standard InChI is InChI=1S/C22H23N5O2S/c1-4-14(2)23-19(28)13-30-22-26-25-21-17-7-5-6-8-18(17)24-20(27(21)22)15-9-11-16(29-3)12-10-15/h5-12,14H,4,13H2,1-3H3,(H,23,28)/t14-/m0/s1. The van der Waals surface area contributed by atoms with Crippen molar-refractivity contribution >= 4 is 34.2 Å². The monoisotopic (exact) mass is 421 g/mol. The van der Waals surface area contributed by atoms with Crippen LogP contribution in [0.15, 0.2) is 53.7 Å². The van der Waals surface area contributed by atoms with Crippen LogP contribution in [0.2, 0.25) is 0 Å². The smallest absolute Gasteiger partial charge is 0.230 e. The number of thioether (sulfide) groups is 1.